The smallest absolute Gasteiger partial charge is 0.332 e. The van der Waals surface area contributed by atoms with Crippen molar-refractivity contribution in [1.29, 1.82) is 0 Å². The SMILES string of the molecule is CCCCn1c(N)c(N2CCC(O)CC2)c(=O)n(C)c1=O. The third-order valence-corrected chi connectivity index (χ3v) is 4.07. The minimum absolute atomic E-state index is 0.243. The first kappa shape index (κ1) is 15.6. The molecule has 0 aliphatic carbocycles. The van der Waals surface area contributed by atoms with E-state index >= 15 is 0 Å². The number of hydrogen-bond acceptors (Lipinski definition) is 5. The van der Waals surface area contributed by atoms with Gasteiger partial charge in [-0.1, -0.05) is 13.3 Å². The molecule has 0 atom stereocenters. The lowest BCUT2D eigenvalue weighted by Crippen LogP contribution is -2.46. The fourth-order valence-corrected chi connectivity index (χ4v) is 2.69. The van der Waals surface area contributed by atoms with Gasteiger partial charge in [0.05, 0.1) is 6.10 Å². The average molecular weight is 296 g/mol. The van der Waals surface area contributed by atoms with Crippen molar-refractivity contribution < 1.29 is 5.11 Å². The van der Waals surface area contributed by atoms with Crippen LogP contribution < -0.4 is 21.9 Å². The first-order chi connectivity index (χ1) is 9.97. The van der Waals surface area contributed by atoms with Crippen LogP contribution in [0.3, 0.4) is 0 Å². The Morgan fingerprint density at radius 2 is 1.90 bits per heavy atom. The van der Waals surface area contributed by atoms with E-state index in [4.69, 9.17) is 5.73 Å². The Morgan fingerprint density at radius 1 is 1.29 bits per heavy atom. The van der Waals surface area contributed by atoms with Crippen LogP contribution in [0, 0.1) is 0 Å². The fraction of sp³-hybridized carbons (Fsp3) is 0.714. The summed E-state index contributed by atoms with van der Waals surface area (Å²) in [5.74, 6) is 0.243. The number of piperidine rings is 1. The molecule has 2 rings (SSSR count). The molecule has 7 heteroatoms. The summed E-state index contributed by atoms with van der Waals surface area (Å²) in [5, 5.41) is 9.59. The van der Waals surface area contributed by atoms with E-state index in [0.717, 1.165) is 17.4 Å². The second-order valence-electron chi connectivity index (χ2n) is 5.60. The van der Waals surface area contributed by atoms with Crippen LogP contribution >= 0.6 is 0 Å². The Labute approximate surface area is 123 Å². The molecule has 0 unspecified atom stereocenters. The number of aliphatic hydroxyl groups is 1. The summed E-state index contributed by atoms with van der Waals surface area (Å²) in [7, 11) is 1.48. The molecule has 1 aliphatic rings. The summed E-state index contributed by atoms with van der Waals surface area (Å²) in [6.07, 6.45) is 2.67. The van der Waals surface area contributed by atoms with E-state index in [9.17, 15) is 14.7 Å². The number of nitrogens with two attached hydrogens (primary N) is 1. The van der Waals surface area contributed by atoms with Crippen LogP contribution in [-0.4, -0.2) is 33.4 Å². The van der Waals surface area contributed by atoms with Gasteiger partial charge in [-0.3, -0.25) is 13.9 Å². The number of anilines is 2. The van der Waals surface area contributed by atoms with Crippen LogP contribution in [0.5, 0.6) is 0 Å². The number of unbranched alkanes of at least 4 members (excludes halogenated alkanes) is 1. The minimum Gasteiger partial charge on any atom is -0.393 e. The summed E-state index contributed by atoms with van der Waals surface area (Å²) in [5.41, 5.74) is 5.77. The average Bonchev–Trinajstić information content (AvgIpc) is 2.47. The van der Waals surface area contributed by atoms with E-state index in [1.807, 2.05) is 11.8 Å². The lowest BCUT2D eigenvalue weighted by molar-refractivity contribution is 0.145. The van der Waals surface area contributed by atoms with Crippen molar-refractivity contribution in [2.75, 3.05) is 23.7 Å². The normalized spacial score (nSPS) is 16.4. The topological polar surface area (TPSA) is 93.5 Å². The highest BCUT2D eigenvalue weighted by atomic mass is 16.3. The maximum absolute atomic E-state index is 12.4. The Kier molecular flexibility index (Phi) is 4.72. The van der Waals surface area contributed by atoms with E-state index in [1.165, 1.54) is 11.6 Å². The van der Waals surface area contributed by atoms with Crippen LogP contribution in [0.1, 0.15) is 32.6 Å². The zero-order valence-electron chi connectivity index (χ0n) is 12.7. The van der Waals surface area contributed by atoms with E-state index < -0.39 is 0 Å². The van der Waals surface area contributed by atoms with Crippen molar-refractivity contribution >= 4 is 11.5 Å². The molecule has 3 N–H and O–H groups in total. The number of rotatable bonds is 4. The molecular weight excluding hydrogens is 272 g/mol. The maximum atomic E-state index is 12.4. The van der Waals surface area contributed by atoms with Gasteiger partial charge in [0.1, 0.15) is 11.5 Å². The van der Waals surface area contributed by atoms with Crippen molar-refractivity contribution in [3.8, 4) is 0 Å². The molecule has 0 aromatic carbocycles. The van der Waals surface area contributed by atoms with Crippen LogP contribution in [0.15, 0.2) is 9.59 Å². The summed E-state index contributed by atoms with van der Waals surface area (Å²) < 4.78 is 2.59. The molecule has 1 aromatic heterocycles. The molecule has 0 spiro atoms. The zero-order valence-corrected chi connectivity index (χ0v) is 12.7. The summed E-state index contributed by atoms with van der Waals surface area (Å²) >= 11 is 0. The highest BCUT2D eigenvalue weighted by Crippen LogP contribution is 2.21. The molecule has 0 amide bonds. The predicted octanol–water partition coefficient (Wildman–Crippen LogP) is -0.110. The van der Waals surface area contributed by atoms with Gasteiger partial charge in [-0.2, -0.15) is 0 Å². The minimum atomic E-state index is -0.369. The highest BCUT2D eigenvalue weighted by Gasteiger charge is 2.24. The van der Waals surface area contributed by atoms with Crippen molar-refractivity contribution in [3.05, 3.63) is 20.8 Å². The molecule has 2 heterocycles. The van der Waals surface area contributed by atoms with Crippen molar-refractivity contribution in [2.45, 2.75) is 45.3 Å². The van der Waals surface area contributed by atoms with Gasteiger partial charge in [-0.15, -0.1) is 0 Å². The molecule has 1 aromatic rings. The Balaban J connectivity index is 2.47. The molecule has 1 saturated heterocycles. The van der Waals surface area contributed by atoms with Gasteiger partial charge in [-0.05, 0) is 19.3 Å². The van der Waals surface area contributed by atoms with Gasteiger partial charge >= 0.3 is 5.69 Å². The van der Waals surface area contributed by atoms with Gasteiger partial charge in [0.15, 0.2) is 0 Å². The van der Waals surface area contributed by atoms with Crippen LogP contribution in [-0.2, 0) is 13.6 Å². The van der Waals surface area contributed by atoms with Gasteiger partial charge in [-0.25, -0.2) is 4.79 Å². The Morgan fingerprint density at radius 3 is 2.48 bits per heavy atom. The predicted molar refractivity (Wildman–Crippen MR) is 82.7 cm³/mol. The Bertz CT molecular complexity index is 612. The quantitative estimate of drug-likeness (QED) is 0.808. The summed E-state index contributed by atoms with van der Waals surface area (Å²) in [6.45, 7) is 3.70. The van der Waals surface area contributed by atoms with Gasteiger partial charge in [0.25, 0.3) is 5.56 Å². The molecular formula is C14H24N4O3. The number of nitrogen functional groups attached to an aromatic ring is 1. The number of aromatic nitrogens is 2. The number of aliphatic hydroxyl groups excluding tert-OH is 1. The molecule has 0 saturated carbocycles. The second-order valence-corrected chi connectivity index (χ2v) is 5.60. The van der Waals surface area contributed by atoms with Crippen molar-refractivity contribution in [2.24, 2.45) is 7.05 Å². The maximum Gasteiger partial charge on any atom is 0.332 e. The standard InChI is InChI=1S/C14H24N4O3/c1-3-4-7-18-12(15)11(13(20)16(2)14(18)21)17-8-5-10(19)6-9-17/h10,19H,3-9,15H2,1-2H3. The van der Waals surface area contributed by atoms with Crippen LogP contribution in [0.25, 0.3) is 0 Å². The Hall–Kier alpha value is -1.76. The fourth-order valence-electron chi connectivity index (χ4n) is 2.69. The van der Waals surface area contributed by atoms with E-state index in [-0.39, 0.29) is 23.2 Å². The first-order valence-corrected chi connectivity index (χ1v) is 7.49. The van der Waals surface area contributed by atoms with Crippen molar-refractivity contribution in [1.82, 2.24) is 9.13 Å². The van der Waals surface area contributed by atoms with Crippen LogP contribution in [0.2, 0.25) is 0 Å². The molecule has 7 nitrogen and oxygen atoms in total. The van der Waals surface area contributed by atoms with Crippen molar-refractivity contribution in [3.63, 3.8) is 0 Å². The molecule has 0 radical (unpaired) electrons. The number of hydrogen-bond donors (Lipinski definition) is 2. The van der Waals surface area contributed by atoms with E-state index in [2.05, 4.69) is 0 Å². The second kappa shape index (κ2) is 6.34. The highest BCUT2D eigenvalue weighted by molar-refractivity contribution is 5.62. The lowest BCUT2D eigenvalue weighted by atomic mass is 10.1. The monoisotopic (exact) mass is 296 g/mol. The molecule has 21 heavy (non-hydrogen) atoms. The number of nitrogens with zero attached hydrogens (tertiary/aromatic N) is 3. The third kappa shape index (κ3) is 2.97. The van der Waals surface area contributed by atoms with Gasteiger partial charge in [0, 0.05) is 26.7 Å². The van der Waals surface area contributed by atoms with E-state index in [1.54, 1.807) is 0 Å². The van der Waals surface area contributed by atoms with E-state index in [0.29, 0.717) is 38.2 Å². The lowest BCUT2D eigenvalue weighted by Gasteiger charge is -2.32. The van der Waals surface area contributed by atoms with Gasteiger partial charge in [0.2, 0.25) is 0 Å². The molecule has 1 aliphatic heterocycles. The van der Waals surface area contributed by atoms with Gasteiger partial charge < -0.3 is 15.7 Å². The zero-order chi connectivity index (χ0) is 15.6. The molecule has 118 valence electrons. The molecule has 0 bridgehead atoms. The van der Waals surface area contributed by atoms with Crippen LogP contribution in [0.4, 0.5) is 11.5 Å². The first-order valence-electron chi connectivity index (χ1n) is 7.49. The molecule has 1 fully saturated rings. The summed E-state index contributed by atoms with van der Waals surface area (Å²) in [6, 6.07) is 0. The largest absolute Gasteiger partial charge is 0.393 e. The summed E-state index contributed by atoms with van der Waals surface area (Å²) in [4.78, 5) is 26.5. The third-order valence-electron chi connectivity index (χ3n) is 4.07.